The number of fused-ring (bicyclic) bond motifs is 1. The summed E-state index contributed by atoms with van der Waals surface area (Å²) in [6, 6.07) is 0.491. The van der Waals surface area contributed by atoms with E-state index in [-0.39, 0.29) is 30.0 Å². The molecule has 0 saturated carbocycles. The van der Waals surface area contributed by atoms with Crippen LogP contribution in [0.3, 0.4) is 0 Å². The largest absolute Gasteiger partial charge is 0.357 e. The fourth-order valence-electron chi connectivity index (χ4n) is 3.23. The van der Waals surface area contributed by atoms with Crippen LogP contribution in [0.2, 0.25) is 0 Å². The van der Waals surface area contributed by atoms with Crippen molar-refractivity contribution in [2.75, 3.05) is 27.2 Å². The van der Waals surface area contributed by atoms with Crippen molar-refractivity contribution in [1.82, 2.24) is 40.1 Å². The fraction of sp³-hybridized carbons (Fsp3) is 0.647. The number of nitrogens with zero attached hydrogens (tertiary/aromatic N) is 7. The summed E-state index contributed by atoms with van der Waals surface area (Å²) < 4.78 is 3.81. The van der Waals surface area contributed by atoms with Crippen LogP contribution in [0.25, 0.3) is 0 Å². The molecule has 2 unspecified atom stereocenters. The highest BCUT2D eigenvalue weighted by molar-refractivity contribution is 14.0. The van der Waals surface area contributed by atoms with Gasteiger partial charge in [-0.05, 0) is 27.4 Å². The number of aromatic nitrogens is 5. The number of rotatable bonds is 6. The summed E-state index contributed by atoms with van der Waals surface area (Å²) in [7, 11) is 6.08. The predicted octanol–water partition coefficient (Wildman–Crippen LogP) is 0.802. The average molecular weight is 487 g/mol. The van der Waals surface area contributed by atoms with E-state index >= 15 is 0 Å². The molecule has 2 aromatic heterocycles. The van der Waals surface area contributed by atoms with Gasteiger partial charge in [0.1, 0.15) is 12.2 Å². The third-order valence-corrected chi connectivity index (χ3v) is 4.65. The molecule has 0 bridgehead atoms. The van der Waals surface area contributed by atoms with Crippen LogP contribution >= 0.6 is 24.0 Å². The Morgan fingerprint density at radius 2 is 2.22 bits per heavy atom. The Hall–Kier alpha value is -1.69. The molecule has 10 heteroatoms. The van der Waals surface area contributed by atoms with Gasteiger partial charge in [0.15, 0.2) is 5.96 Å². The highest BCUT2D eigenvalue weighted by Crippen LogP contribution is 2.17. The predicted molar refractivity (Wildman–Crippen MR) is 116 cm³/mol. The first-order chi connectivity index (χ1) is 12.6. The lowest BCUT2D eigenvalue weighted by Crippen LogP contribution is -2.47. The van der Waals surface area contributed by atoms with Crippen LogP contribution < -0.4 is 10.6 Å². The normalized spacial score (nSPS) is 18.0. The van der Waals surface area contributed by atoms with Crippen LogP contribution in [0, 0.1) is 0 Å². The summed E-state index contributed by atoms with van der Waals surface area (Å²) in [5.41, 5.74) is 1.17. The van der Waals surface area contributed by atoms with E-state index in [1.165, 1.54) is 5.56 Å². The molecule has 2 aromatic rings. The summed E-state index contributed by atoms with van der Waals surface area (Å²) >= 11 is 0. The first kappa shape index (κ1) is 21.6. The molecule has 2 atom stereocenters. The second-order valence-electron chi connectivity index (χ2n) is 6.88. The van der Waals surface area contributed by atoms with E-state index in [1.807, 2.05) is 28.8 Å². The van der Waals surface area contributed by atoms with Gasteiger partial charge in [-0.25, -0.2) is 9.67 Å². The second kappa shape index (κ2) is 10.0. The SMILES string of the molecule is CCNC(=NCC(c1cnn(C)c1)N(C)C)NC1CCc2ncnn2C1.I. The maximum atomic E-state index is 4.83. The molecule has 3 heterocycles. The lowest BCUT2D eigenvalue weighted by Gasteiger charge is -2.26. The molecule has 0 aliphatic carbocycles. The Bertz CT molecular complexity index is 736. The molecule has 27 heavy (non-hydrogen) atoms. The number of hydrogen-bond acceptors (Lipinski definition) is 5. The third kappa shape index (κ3) is 5.64. The number of halogens is 1. The van der Waals surface area contributed by atoms with Gasteiger partial charge in [-0.15, -0.1) is 24.0 Å². The number of hydrogen-bond donors (Lipinski definition) is 2. The van der Waals surface area contributed by atoms with E-state index in [9.17, 15) is 0 Å². The minimum atomic E-state index is 0. The topological polar surface area (TPSA) is 88.2 Å². The quantitative estimate of drug-likeness (QED) is 0.356. The van der Waals surface area contributed by atoms with Gasteiger partial charge in [-0.1, -0.05) is 0 Å². The van der Waals surface area contributed by atoms with E-state index in [0.717, 1.165) is 37.7 Å². The highest BCUT2D eigenvalue weighted by atomic mass is 127. The van der Waals surface area contributed by atoms with E-state index in [2.05, 4.69) is 51.7 Å². The van der Waals surface area contributed by atoms with E-state index < -0.39 is 0 Å². The van der Waals surface area contributed by atoms with Crippen molar-refractivity contribution in [1.29, 1.82) is 0 Å². The Kier molecular flexibility index (Phi) is 8.02. The molecule has 150 valence electrons. The number of guanidine groups is 1. The van der Waals surface area contributed by atoms with Gasteiger partial charge in [0, 0.05) is 37.8 Å². The zero-order chi connectivity index (χ0) is 18.5. The number of nitrogens with one attached hydrogen (secondary N) is 2. The van der Waals surface area contributed by atoms with Crippen LogP contribution in [0.1, 0.15) is 30.8 Å². The zero-order valence-corrected chi connectivity index (χ0v) is 18.8. The molecule has 0 spiro atoms. The molecular weight excluding hydrogens is 457 g/mol. The fourth-order valence-corrected chi connectivity index (χ4v) is 3.23. The summed E-state index contributed by atoms with van der Waals surface area (Å²) in [4.78, 5) is 11.3. The standard InChI is InChI=1S/C17H29N9.HI/c1-5-18-17(23-14-6-7-16-20-12-22-26(16)11-14)19-9-15(24(2)3)13-8-21-25(4)10-13;/h8,10,12,14-15H,5-7,9,11H2,1-4H3,(H2,18,19,23);1H. The van der Waals surface area contributed by atoms with Crippen molar-refractivity contribution < 1.29 is 0 Å². The third-order valence-electron chi connectivity index (χ3n) is 4.65. The van der Waals surface area contributed by atoms with Crippen LogP contribution in [0.4, 0.5) is 0 Å². The van der Waals surface area contributed by atoms with Gasteiger partial charge in [0.25, 0.3) is 0 Å². The minimum absolute atomic E-state index is 0. The molecule has 0 amide bonds. The van der Waals surface area contributed by atoms with E-state index in [4.69, 9.17) is 4.99 Å². The Labute approximate surface area is 177 Å². The van der Waals surface area contributed by atoms with Gasteiger partial charge in [-0.2, -0.15) is 10.2 Å². The second-order valence-corrected chi connectivity index (χ2v) is 6.88. The molecule has 0 aromatic carbocycles. The zero-order valence-electron chi connectivity index (χ0n) is 16.5. The monoisotopic (exact) mass is 487 g/mol. The van der Waals surface area contributed by atoms with Crippen molar-refractivity contribution in [2.24, 2.45) is 12.0 Å². The molecule has 1 aliphatic rings. The Balaban J connectivity index is 0.00000261. The maximum absolute atomic E-state index is 4.83. The van der Waals surface area contributed by atoms with Crippen LogP contribution in [0.15, 0.2) is 23.7 Å². The maximum Gasteiger partial charge on any atom is 0.191 e. The lowest BCUT2D eigenvalue weighted by atomic mass is 10.1. The molecule has 0 fully saturated rings. The van der Waals surface area contributed by atoms with Crippen molar-refractivity contribution >= 4 is 29.9 Å². The smallest absolute Gasteiger partial charge is 0.191 e. The highest BCUT2D eigenvalue weighted by Gasteiger charge is 2.21. The van der Waals surface area contributed by atoms with Crippen molar-refractivity contribution in [2.45, 2.75) is 38.4 Å². The van der Waals surface area contributed by atoms with Crippen LogP contribution in [0.5, 0.6) is 0 Å². The molecule has 0 radical (unpaired) electrons. The van der Waals surface area contributed by atoms with Gasteiger partial charge in [0.2, 0.25) is 0 Å². The lowest BCUT2D eigenvalue weighted by molar-refractivity contribution is 0.305. The number of likely N-dealkylation sites (N-methyl/N-ethyl adjacent to an activating group) is 1. The number of aryl methyl sites for hydroxylation is 2. The van der Waals surface area contributed by atoms with Crippen LogP contribution in [-0.2, 0) is 20.0 Å². The Morgan fingerprint density at radius 3 is 2.89 bits per heavy atom. The summed E-state index contributed by atoms with van der Waals surface area (Å²) in [5, 5.41) is 15.5. The van der Waals surface area contributed by atoms with Gasteiger partial charge in [0.05, 0.1) is 25.3 Å². The minimum Gasteiger partial charge on any atom is -0.357 e. The van der Waals surface area contributed by atoms with Crippen LogP contribution in [-0.4, -0.2) is 68.6 Å². The first-order valence-electron chi connectivity index (χ1n) is 9.13. The molecule has 9 nitrogen and oxygen atoms in total. The number of aliphatic imine (C=N–C) groups is 1. The van der Waals surface area contributed by atoms with Crippen molar-refractivity contribution in [3.63, 3.8) is 0 Å². The molecular formula is C17H30IN9. The first-order valence-corrected chi connectivity index (χ1v) is 9.13. The summed E-state index contributed by atoms with van der Waals surface area (Å²) in [6.45, 7) is 4.39. The van der Waals surface area contributed by atoms with Gasteiger partial charge in [-0.3, -0.25) is 9.67 Å². The average Bonchev–Trinajstić information content (AvgIpc) is 3.23. The Morgan fingerprint density at radius 1 is 1.41 bits per heavy atom. The summed E-state index contributed by atoms with van der Waals surface area (Å²) in [6.07, 6.45) is 7.56. The van der Waals surface area contributed by atoms with Gasteiger partial charge < -0.3 is 15.5 Å². The molecule has 3 rings (SSSR count). The summed E-state index contributed by atoms with van der Waals surface area (Å²) in [5.74, 6) is 1.91. The van der Waals surface area contributed by atoms with E-state index in [1.54, 1.807) is 6.33 Å². The molecule has 1 aliphatic heterocycles. The van der Waals surface area contributed by atoms with Gasteiger partial charge >= 0.3 is 0 Å². The molecule has 0 saturated heterocycles. The van der Waals surface area contributed by atoms with Crippen molar-refractivity contribution in [3.8, 4) is 0 Å². The van der Waals surface area contributed by atoms with Crippen molar-refractivity contribution in [3.05, 3.63) is 30.1 Å². The molecule has 2 N–H and O–H groups in total. The van der Waals surface area contributed by atoms with E-state index in [0.29, 0.717) is 12.6 Å².